The van der Waals surface area contributed by atoms with Gasteiger partial charge in [0.25, 0.3) is 0 Å². The number of rotatable bonds is 6. The highest BCUT2D eigenvalue weighted by Crippen LogP contribution is 2.16. The summed E-state index contributed by atoms with van der Waals surface area (Å²) in [5, 5.41) is 3.66. The van der Waals surface area contributed by atoms with Gasteiger partial charge in [0.05, 0.1) is 5.38 Å². The Hall–Kier alpha value is -0.340. The lowest BCUT2D eigenvalue weighted by Gasteiger charge is -2.10. The Kier molecular flexibility index (Phi) is 5.88. The van der Waals surface area contributed by atoms with E-state index in [1.54, 1.807) is 0 Å². The number of carbonyl (C=O) groups excluding carboxylic acids is 1. The summed E-state index contributed by atoms with van der Waals surface area (Å²) < 4.78 is 0. The monoisotopic (exact) mass is 215 g/mol. The van der Waals surface area contributed by atoms with Gasteiger partial charge in [-0.15, -0.1) is 11.6 Å². The maximum atomic E-state index is 10.0. The van der Waals surface area contributed by atoms with Gasteiger partial charge >= 0.3 is 0 Å². The highest BCUT2D eigenvalue weighted by Gasteiger charge is 2.22. The molecule has 1 N–H and O–H groups in total. The standard InChI is InChI=1S/C11H18ClNO/c12-10-7-8-13-11(10)6-4-2-1-3-5-9-14/h2,4,9-11,13H,1,3,5-8H2/b4-2-/t10-,11+/m1/s1. The normalized spacial score (nSPS) is 27.2. The van der Waals surface area contributed by atoms with Crippen molar-refractivity contribution >= 4 is 17.9 Å². The minimum absolute atomic E-state index is 0.287. The zero-order valence-corrected chi connectivity index (χ0v) is 9.17. The van der Waals surface area contributed by atoms with Crippen LogP contribution in [-0.4, -0.2) is 24.2 Å². The van der Waals surface area contributed by atoms with E-state index in [1.165, 1.54) is 0 Å². The van der Waals surface area contributed by atoms with Crippen molar-refractivity contribution in [2.24, 2.45) is 0 Å². The smallest absolute Gasteiger partial charge is 0.120 e. The molecule has 0 bridgehead atoms. The van der Waals surface area contributed by atoms with Gasteiger partial charge in [-0.1, -0.05) is 12.2 Å². The first kappa shape index (κ1) is 11.7. The minimum Gasteiger partial charge on any atom is -0.312 e. The van der Waals surface area contributed by atoms with Crippen molar-refractivity contribution in [1.82, 2.24) is 5.32 Å². The van der Waals surface area contributed by atoms with Crippen LogP contribution in [0.2, 0.25) is 0 Å². The van der Waals surface area contributed by atoms with Gasteiger partial charge in [0, 0.05) is 12.5 Å². The van der Waals surface area contributed by atoms with Crippen LogP contribution in [0.25, 0.3) is 0 Å². The fraction of sp³-hybridized carbons (Fsp3) is 0.727. The number of aldehydes is 1. The Morgan fingerprint density at radius 1 is 1.36 bits per heavy atom. The lowest BCUT2D eigenvalue weighted by atomic mass is 10.1. The molecule has 0 aromatic heterocycles. The molecule has 1 heterocycles. The van der Waals surface area contributed by atoms with Gasteiger partial charge in [0.15, 0.2) is 0 Å². The van der Waals surface area contributed by atoms with Crippen molar-refractivity contribution in [2.75, 3.05) is 6.54 Å². The Morgan fingerprint density at radius 3 is 2.86 bits per heavy atom. The molecule has 1 aliphatic rings. The van der Waals surface area contributed by atoms with E-state index in [2.05, 4.69) is 17.5 Å². The van der Waals surface area contributed by atoms with Crippen molar-refractivity contribution in [2.45, 2.75) is 43.5 Å². The third kappa shape index (κ3) is 4.25. The summed E-state index contributed by atoms with van der Waals surface area (Å²) in [6, 6.07) is 0.444. The second-order valence-electron chi connectivity index (χ2n) is 3.67. The van der Waals surface area contributed by atoms with E-state index >= 15 is 0 Å². The molecule has 1 fully saturated rings. The summed E-state index contributed by atoms with van der Waals surface area (Å²) in [5.74, 6) is 0. The quantitative estimate of drug-likeness (QED) is 0.319. The first-order valence-corrected chi connectivity index (χ1v) is 5.74. The van der Waals surface area contributed by atoms with Crippen LogP contribution < -0.4 is 5.32 Å². The number of hydrogen-bond acceptors (Lipinski definition) is 2. The fourth-order valence-electron chi connectivity index (χ4n) is 1.65. The van der Waals surface area contributed by atoms with Crippen LogP contribution in [0.5, 0.6) is 0 Å². The summed E-state index contributed by atoms with van der Waals surface area (Å²) in [6.45, 7) is 1.04. The van der Waals surface area contributed by atoms with E-state index in [-0.39, 0.29) is 5.38 Å². The van der Waals surface area contributed by atoms with Gasteiger partial charge in [-0.2, -0.15) is 0 Å². The number of alkyl halides is 1. The highest BCUT2D eigenvalue weighted by molar-refractivity contribution is 6.21. The molecule has 14 heavy (non-hydrogen) atoms. The summed E-state index contributed by atoms with van der Waals surface area (Å²) in [4.78, 5) is 10.0. The molecule has 1 aliphatic heterocycles. The number of carbonyl (C=O) groups is 1. The maximum absolute atomic E-state index is 10.0. The Bertz CT molecular complexity index is 194. The van der Waals surface area contributed by atoms with Gasteiger partial charge in [-0.05, 0) is 32.2 Å². The molecule has 0 aromatic carbocycles. The molecule has 2 nitrogen and oxygen atoms in total. The summed E-state index contributed by atoms with van der Waals surface area (Å²) in [7, 11) is 0. The summed E-state index contributed by atoms with van der Waals surface area (Å²) >= 11 is 6.10. The van der Waals surface area contributed by atoms with E-state index in [0.717, 1.165) is 38.5 Å². The Balaban J connectivity index is 2.04. The van der Waals surface area contributed by atoms with Crippen LogP contribution in [0.4, 0.5) is 0 Å². The second kappa shape index (κ2) is 7.02. The number of hydrogen-bond donors (Lipinski definition) is 1. The van der Waals surface area contributed by atoms with Crippen molar-refractivity contribution in [1.29, 1.82) is 0 Å². The third-order valence-corrected chi connectivity index (χ3v) is 3.04. The Morgan fingerprint density at radius 2 is 2.21 bits per heavy atom. The lowest BCUT2D eigenvalue weighted by Crippen LogP contribution is -2.26. The van der Waals surface area contributed by atoms with E-state index < -0.39 is 0 Å². The topological polar surface area (TPSA) is 29.1 Å². The molecule has 2 atom stereocenters. The van der Waals surface area contributed by atoms with Gasteiger partial charge in [-0.3, -0.25) is 0 Å². The number of allylic oxidation sites excluding steroid dienone is 1. The third-order valence-electron chi connectivity index (χ3n) is 2.51. The van der Waals surface area contributed by atoms with Crippen LogP contribution in [-0.2, 0) is 4.79 Å². The van der Waals surface area contributed by atoms with Crippen LogP contribution in [0, 0.1) is 0 Å². The molecular formula is C11H18ClNO. The van der Waals surface area contributed by atoms with E-state index in [0.29, 0.717) is 12.5 Å². The molecule has 0 spiro atoms. The summed E-state index contributed by atoms with van der Waals surface area (Å²) in [5.41, 5.74) is 0. The van der Waals surface area contributed by atoms with Crippen molar-refractivity contribution in [3.8, 4) is 0 Å². The average Bonchev–Trinajstić information content (AvgIpc) is 2.58. The molecule has 1 rings (SSSR count). The number of unbranched alkanes of at least 4 members (excludes halogenated alkanes) is 2. The van der Waals surface area contributed by atoms with Gasteiger partial charge < -0.3 is 10.1 Å². The predicted molar refractivity (Wildman–Crippen MR) is 59.7 cm³/mol. The average molecular weight is 216 g/mol. The van der Waals surface area contributed by atoms with Crippen LogP contribution in [0.1, 0.15) is 32.1 Å². The molecule has 0 unspecified atom stereocenters. The fourth-order valence-corrected chi connectivity index (χ4v) is 1.95. The molecule has 0 saturated carbocycles. The molecule has 80 valence electrons. The first-order valence-electron chi connectivity index (χ1n) is 5.30. The zero-order valence-electron chi connectivity index (χ0n) is 8.42. The zero-order chi connectivity index (χ0) is 10.2. The molecule has 0 aliphatic carbocycles. The van der Waals surface area contributed by atoms with Gasteiger partial charge in [-0.25, -0.2) is 0 Å². The first-order chi connectivity index (χ1) is 6.84. The predicted octanol–water partition coefficient (Wildman–Crippen LogP) is 2.27. The van der Waals surface area contributed by atoms with Crippen LogP contribution in [0.15, 0.2) is 12.2 Å². The van der Waals surface area contributed by atoms with E-state index in [9.17, 15) is 4.79 Å². The number of nitrogens with one attached hydrogen (secondary N) is 1. The Labute approximate surface area is 90.7 Å². The molecule has 0 aromatic rings. The molecule has 0 radical (unpaired) electrons. The highest BCUT2D eigenvalue weighted by atomic mass is 35.5. The van der Waals surface area contributed by atoms with Crippen LogP contribution >= 0.6 is 11.6 Å². The minimum atomic E-state index is 0.287. The molecule has 1 saturated heterocycles. The lowest BCUT2D eigenvalue weighted by molar-refractivity contribution is -0.107. The largest absolute Gasteiger partial charge is 0.312 e. The van der Waals surface area contributed by atoms with Crippen molar-refractivity contribution in [3.05, 3.63) is 12.2 Å². The van der Waals surface area contributed by atoms with E-state index in [1.807, 2.05) is 0 Å². The van der Waals surface area contributed by atoms with Crippen LogP contribution in [0.3, 0.4) is 0 Å². The van der Waals surface area contributed by atoms with Crippen molar-refractivity contribution < 1.29 is 4.79 Å². The number of halogens is 1. The van der Waals surface area contributed by atoms with Crippen molar-refractivity contribution in [3.63, 3.8) is 0 Å². The molecule has 3 heteroatoms. The summed E-state index contributed by atoms with van der Waals surface area (Å²) in [6.07, 6.45) is 10.0. The maximum Gasteiger partial charge on any atom is 0.120 e. The molecular weight excluding hydrogens is 198 g/mol. The molecule has 0 amide bonds. The second-order valence-corrected chi connectivity index (χ2v) is 4.23. The van der Waals surface area contributed by atoms with E-state index in [4.69, 9.17) is 11.6 Å². The van der Waals surface area contributed by atoms with Gasteiger partial charge in [0.1, 0.15) is 6.29 Å². The SMILES string of the molecule is O=CCCC/C=C\C[C@@H]1NCC[C@H]1Cl. The van der Waals surface area contributed by atoms with Gasteiger partial charge in [0.2, 0.25) is 0 Å².